The maximum absolute atomic E-state index is 11.8. The van der Waals surface area contributed by atoms with Gasteiger partial charge in [-0.15, -0.1) is 0 Å². The number of hydrogen-bond acceptors (Lipinski definition) is 5. The summed E-state index contributed by atoms with van der Waals surface area (Å²) in [5.41, 5.74) is 5.71. The van der Waals surface area contributed by atoms with Crippen LogP contribution in [-0.2, 0) is 19.4 Å². The fourth-order valence-electron chi connectivity index (χ4n) is 1.52. The van der Waals surface area contributed by atoms with E-state index < -0.39 is 9.84 Å². The van der Waals surface area contributed by atoms with Gasteiger partial charge in [0.15, 0.2) is 0 Å². The lowest BCUT2D eigenvalue weighted by molar-refractivity contribution is -0.134. The molecule has 2 unspecified atom stereocenters. The summed E-state index contributed by atoms with van der Waals surface area (Å²) in [4.78, 5) is 13.2. The molecule has 0 aliphatic carbocycles. The van der Waals surface area contributed by atoms with Gasteiger partial charge in [0.2, 0.25) is 5.91 Å². The first-order chi connectivity index (χ1) is 7.31. The molecule has 2 atom stereocenters. The zero-order valence-electron chi connectivity index (χ0n) is 9.55. The van der Waals surface area contributed by atoms with E-state index in [-0.39, 0.29) is 30.2 Å². The highest BCUT2D eigenvalue weighted by molar-refractivity contribution is 7.90. The third kappa shape index (κ3) is 3.73. The van der Waals surface area contributed by atoms with Crippen molar-refractivity contribution < 1.29 is 17.9 Å². The van der Waals surface area contributed by atoms with Crippen molar-refractivity contribution in [2.75, 3.05) is 38.8 Å². The number of amides is 1. The second-order valence-corrected chi connectivity index (χ2v) is 6.46. The van der Waals surface area contributed by atoms with Crippen molar-refractivity contribution in [3.8, 4) is 0 Å². The van der Waals surface area contributed by atoms with Gasteiger partial charge in [-0.3, -0.25) is 4.79 Å². The number of hydrogen-bond donors (Lipinski definition) is 1. The molecule has 0 spiro atoms. The van der Waals surface area contributed by atoms with Crippen molar-refractivity contribution in [3.63, 3.8) is 0 Å². The Labute approximate surface area is 95.7 Å². The molecule has 0 aromatic carbocycles. The third-order valence-corrected chi connectivity index (χ3v) is 3.54. The summed E-state index contributed by atoms with van der Waals surface area (Å²) in [5.74, 6) is -0.517. The van der Waals surface area contributed by atoms with Crippen LogP contribution in [0.3, 0.4) is 0 Å². The molecule has 1 aliphatic heterocycles. The fourth-order valence-corrected chi connectivity index (χ4v) is 2.13. The summed E-state index contributed by atoms with van der Waals surface area (Å²) in [5, 5.41) is 0. The molecule has 6 nitrogen and oxygen atoms in total. The Morgan fingerprint density at radius 2 is 2.12 bits per heavy atom. The van der Waals surface area contributed by atoms with Gasteiger partial charge in [0, 0.05) is 25.9 Å². The van der Waals surface area contributed by atoms with Crippen LogP contribution in [0.2, 0.25) is 0 Å². The molecule has 16 heavy (non-hydrogen) atoms. The Bertz CT molecular complexity index is 355. The quantitative estimate of drug-likeness (QED) is 0.653. The van der Waals surface area contributed by atoms with Crippen LogP contribution in [0.4, 0.5) is 0 Å². The highest BCUT2D eigenvalue weighted by atomic mass is 32.2. The summed E-state index contributed by atoms with van der Waals surface area (Å²) in [6.45, 7) is 0.903. The molecule has 1 heterocycles. The second-order valence-electron chi connectivity index (χ2n) is 4.20. The monoisotopic (exact) mass is 250 g/mol. The highest BCUT2D eigenvalue weighted by Gasteiger charge is 2.33. The first kappa shape index (κ1) is 13.4. The Kier molecular flexibility index (Phi) is 4.28. The van der Waals surface area contributed by atoms with Crippen LogP contribution in [-0.4, -0.2) is 64.1 Å². The van der Waals surface area contributed by atoms with Crippen molar-refractivity contribution in [2.45, 2.75) is 6.04 Å². The van der Waals surface area contributed by atoms with E-state index in [2.05, 4.69) is 0 Å². The average molecular weight is 250 g/mol. The molecule has 0 aromatic rings. The first-order valence-corrected chi connectivity index (χ1v) is 7.13. The zero-order valence-corrected chi connectivity index (χ0v) is 10.4. The van der Waals surface area contributed by atoms with Crippen LogP contribution in [0.25, 0.3) is 0 Å². The first-order valence-electron chi connectivity index (χ1n) is 5.07. The van der Waals surface area contributed by atoms with E-state index in [9.17, 15) is 13.2 Å². The van der Waals surface area contributed by atoms with Crippen molar-refractivity contribution in [3.05, 3.63) is 0 Å². The smallest absolute Gasteiger partial charge is 0.229 e. The number of ether oxygens (including phenoxy) is 1. The van der Waals surface area contributed by atoms with Crippen LogP contribution in [0.5, 0.6) is 0 Å². The van der Waals surface area contributed by atoms with Gasteiger partial charge in [-0.1, -0.05) is 0 Å². The molecule has 0 radical (unpaired) electrons. The maximum atomic E-state index is 11.8. The second kappa shape index (κ2) is 5.11. The van der Waals surface area contributed by atoms with Gasteiger partial charge in [0.25, 0.3) is 0 Å². The number of carbonyl (C=O) groups is 1. The topological polar surface area (TPSA) is 89.7 Å². The fraction of sp³-hybridized carbons (Fsp3) is 0.889. The molecule has 2 N–H and O–H groups in total. The molecular formula is C9H18N2O4S. The van der Waals surface area contributed by atoms with E-state index in [1.165, 1.54) is 4.90 Å². The van der Waals surface area contributed by atoms with Gasteiger partial charge >= 0.3 is 0 Å². The van der Waals surface area contributed by atoms with Gasteiger partial charge < -0.3 is 15.4 Å². The van der Waals surface area contributed by atoms with Gasteiger partial charge in [-0.25, -0.2) is 8.42 Å². The molecular weight excluding hydrogens is 232 g/mol. The number of carbonyl (C=O) groups excluding carboxylic acids is 1. The van der Waals surface area contributed by atoms with Crippen LogP contribution in [0.1, 0.15) is 0 Å². The Balaban J connectivity index is 2.47. The maximum Gasteiger partial charge on any atom is 0.229 e. The zero-order chi connectivity index (χ0) is 12.3. The van der Waals surface area contributed by atoms with Gasteiger partial charge in [-0.05, 0) is 0 Å². The lowest BCUT2D eigenvalue weighted by Crippen LogP contribution is -2.43. The minimum Gasteiger partial charge on any atom is -0.379 e. The van der Waals surface area contributed by atoms with Gasteiger partial charge in [0.05, 0.1) is 24.9 Å². The SMILES string of the molecule is CN(CCS(C)(=O)=O)C(=O)C1COCC1N. The van der Waals surface area contributed by atoms with E-state index >= 15 is 0 Å². The molecule has 0 aromatic heterocycles. The van der Waals surface area contributed by atoms with Crippen molar-refractivity contribution in [1.29, 1.82) is 0 Å². The number of rotatable bonds is 4. The Morgan fingerprint density at radius 3 is 2.56 bits per heavy atom. The normalized spacial score (nSPS) is 25.7. The summed E-state index contributed by atoms with van der Waals surface area (Å²) >= 11 is 0. The highest BCUT2D eigenvalue weighted by Crippen LogP contribution is 2.14. The van der Waals surface area contributed by atoms with Gasteiger partial charge in [0.1, 0.15) is 9.84 Å². The van der Waals surface area contributed by atoms with Crippen molar-refractivity contribution >= 4 is 15.7 Å². The van der Waals surface area contributed by atoms with Crippen LogP contribution < -0.4 is 5.73 Å². The van der Waals surface area contributed by atoms with E-state index in [1.807, 2.05) is 0 Å². The predicted octanol–water partition coefficient (Wildman–Crippen LogP) is -1.54. The predicted molar refractivity (Wildman–Crippen MR) is 59.6 cm³/mol. The molecule has 94 valence electrons. The van der Waals surface area contributed by atoms with Crippen LogP contribution in [0.15, 0.2) is 0 Å². The van der Waals surface area contributed by atoms with Crippen LogP contribution >= 0.6 is 0 Å². The molecule has 1 saturated heterocycles. The molecule has 1 fully saturated rings. The van der Waals surface area contributed by atoms with E-state index in [0.29, 0.717) is 13.2 Å². The van der Waals surface area contributed by atoms with Crippen LogP contribution in [0, 0.1) is 5.92 Å². The largest absolute Gasteiger partial charge is 0.379 e. The average Bonchev–Trinajstić information content (AvgIpc) is 2.58. The summed E-state index contributed by atoms with van der Waals surface area (Å²) in [6, 6.07) is -0.284. The van der Waals surface area contributed by atoms with Crippen molar-refractivity contribution in [2.24, 2.45) is 11.7 Å². The van der Waals surface area contributed by atoms with Crippen molar-refractivity contribution in [1.82, 2.24) is 4.90 Å². The minimum absolute atomic E-state index is 0.0297. The summed E-state index contributed by atoms with van der Waals surface area (Å²) in [7, 11) is -1.46. The molecule has 1 rings (SSSR count). The lowest BCUT2D eigenvalue weighted by Gasteiger charge is -2.21. The van der Waals surface area contributed by atoms with E-state index in [4.69, 9.17) is 10.5 Å². The molecule has 1 amide bonds. The van der Waals surface area contributed by atoms with E-state index in [1.54, 1.807) is 7.05 Å². The third-order valence-electron chi connectivity index (χ3n) is 2.62. The summed E-state index contributed by atoms with van der Waals surface area (Å²) < 4.78 is 27.0. The summed E-state index contributed by atoms with van der Waals surface area (Å²) in [6.07, 6.45) is 1.15. The Hall–Kier alpha value is -0.660. The molecule has 0 saturated carbocycles. The number of nitrogens with zero attached hydrogens (tertiary/aromatic N) is 1. The lowest BCUT2D eigenvalue weighted by atomic mass is 10.0. The molecule has 1 aliphatic rings. The molecule has 0 bridgehead atoms. The number of nitrogens with two attached hydrogens (primary N) is 1. The number of sulfone groups is 1. The van der Waals surface area contributed by atoms with Gasteiger partial charge in [-0.2, -0.15) is 0 Å². The Morgan fingerprint density at radius 1 is 1.50 bits per heavy atom. The molecule has 7 heteroatoms. The standard InChI is InChI=1S/C9H18N2O4S/c1-11(3-4-16(2,13)14)9(12)7-5-15-6-8(7)10/h7-8H,3-6,10H2,1-2H3. The van der Waals surface area contributed by atoms with E-state index in [0.717, 1.165) is 6.26 Å². The minimum atomic E-state index is -3.05.